The van der Waals surface area contributed by atoms with E-state index in [4.69, 9.17) is 51.8 Å². The monoisotopic (exact) mass is 1030 g/mol. The van der Waals surface area contributed by atoms with Gasteiger partial charge >= 0.3 is 12.1 Å². The number of fused-ring (bicyclic) bond motifs is 1. The smallest absolute Gasteiger partial charge is 0.412 e. The largest absolute Gasteiger partial charge is 0.450 e. The van der Waals surface area contributed by atoms with Crippen LogP contribution in [0.5, 0.6) is 0 Å². The van der Waals surface area contributed by atoms with Crippen molar-refractivity contribution in [2.24, 2.45) is 5.92 Å². The second-order valence-corrected chi connectivity index (χ2v) is 24.5. The van der Waals surface area contributed by atoms with Gasteiger partial charge in [0.2, 0.25) is 0 Å². The van der Waals surface area contributed by atoms with Gasteiger partial charge < -0.3 is 51.8 Å². The molecule has 8 rings (SSSR count). The SMILES string of the molecule is C=CCO[C@H]1[C@H]2O[C@@H](c3ccccc3)OC[C@H]2O[C@@H](O[C@H]2[C@H](OCc3ccccc3)[C@@H](OC(=O)c3ccccc3)[C@H](OCc3ccccc3)O[C@@H]2CO[Si](C)(C)C(C)(C)C(C)C)[C@@H]1OC(=O)Nc1ccc(F)cc1. The third-order valence-corrected chi connectivity index (χ3v) is 18.9. The zero-order valence-corrected chi connectivity index (χ0v) is 43.8. The molecule has 3 heterocycles. The topological polar surface area (TPSA) is 148 Å². The summed E-state index contributed by atoms with van der Waals surface area (Å²) in [5.41, 5.74) is 2.99. The molecule has 11 atom stereocenters. The predicted molar refractivity (Wildman–Crippen MR) is 277 cm³/mol. The van der Waals surface area contributed by atoms with Crippen molar-refractivity contribution in [2.75, 3.05) is 25.1 Å². The van der Waals surface area contributed by atoms with E-state index in [1.165, 1.54) is 24.3 Å². The van der Waals surface area contributed by atoms with Crippen LogP contribution in [0.2, 0.25) is 18.1 Å². The molecule has 0 radical (unpaired) electrons. The molecule has 0 aromatic heterocycles. The van der Waals surface area contributed by atoms with Crippen LogP contribution in [0.3, 0.4) is 0 Å². The molecule has 0 bridgehead atoms. The Balaban J connectivity index is 1.22. The van der Waals surface area contributed by atoms with Gasteiger partial charge in [0, 0.05) is 11.3 Å². The summed E-state index contributed by atoms with van der Waals surface area (Å²) in [6.07, 6.45) is -11.6. The molecule has 0 unspecified atom stereocenters. The lowest BCUT2D eigenvalue weighted by Gasteiger charge is -2.51. The molecule has 1 amide bonds. The van der Waals surface area contributed by atoms with Crippen molar-refractivity contribution in [3.8, 4) is 0 Å². The molecule has 14 nitrogen and oxygen atoms in total. The van der Waals surface area contributed by atoms with Gasteiger partial charge in [-0.3, -0.25) is 5.32 Å². The molecule has 3 aliphatic heterocycles. The third kappa shape index (κ3) is 13.6. The average molecular weight is 1030 g/mol. The van der Waals surface area contributed by atoms with E-state index in [-0.39, 0.29) is 49.7 Å². The molecular weight excluding hydrogens is 966 g/mol. The van der Waals surface area contributed by atoms with E-state index in [1.54, 1.807) is 36.4 Å². The van der Waals surface area contributed by atoms with Gasteiger partial charge in [-0.05, 0) is 71.6 Å². The second-order valence-electron chi connectivity index (χ2n) is 19.9. The standard InChI is InChI=1S/C58H68FNO13Si/c1-8-33-63-49-47-45(36-66-54(71-47)42-27-19-12-20-28-42)69-56(52(49)73-57(62)60-44-31-29-43(59)30-32-44)72-48-46(37-67-74(6,7)58(4,5)38(2)3)68-55(65-35-40-23-15-10-16-24-40)51(70-53(61)41-25-17-11-18-26-41)50(48)64-34-39-21-13-9-14-22-39/h8-32,38,45-52,54-56H,1,33-37H2,2-7H3,(H,60,62)/t45-,46-,47+,48-,49+,50+,51-,52-,54+,55-,56+/m1/s1. The van der Waals surface area contributed by atoms with Gasteiger partial charge in [0.25, 0.3) is 0 Å². The summed E-state index contributed by atoms with van der Waals surface area (Å²) in [6, 6.07) is 42.4. The summed E-state index contributed by atoms with van der Waals surface area (Å²) in [6.45, 7) is 17.2. The molecule has 0 saturated carbocycles. The molecule has 3 saturated heterocycles. The Labute approximate surface area is 434 Å². The Kier molecular flexibility index (Phi) is 18.7. The zero-order chi connectivity index (χ0) is 52.2. The number of carbonyl (C=O) groups excluding carboxylic acids is 2. The fourth-order valence-corrected chi connectivity index (χ4v) is 11.3. The van der Waals surface area contributed by atoms with Gasteiger partial charge in [-0.25, -0.2) is 14.0 Å². The number of carbonyl (C=O) groups is 2. The minimum absolute atomic E-state index is 0.00744. The molecule has 16 heteroatoms. The van der Waals surface area contributed by atoms with E-state index in [2.05, 4.69) is 52.7 Å². The van der Waals surface area contributed by atoms with Crippen LogP contribution in [0.25, 0.3) is 0 Å². The molecule has 3 aliphatic rings. The fraction of sp³-hybridized carbons (Fsp3) is 0.414. The van der Waals surface area contributed by atoms with Crippen molar-refractivity contribution in [3.63, 3.8) is 0 Å². The Morgan fingerprint density at radius 3 is 1.93 bits per heavy atom. The first-order valence-corrected chi connectivity index (χ1v) is 28.1. The van der Waals surface area contributed by atoms with E-state index < -0.39 is 93.9 Å². The van der Waals surface area contributed by atoms with Crippen molar-refractivity contribution in [1.82, 2.24) is 0 Å². The predicted octanol–water partition coefficient (Wildman–Crippen LogP) is 10.9. The summed E-state index contributed by atoms with van der Waals surface area (Å²) in [5.74, 6) is -0.867. The highest BCUT2D eigenvalue weighted by Crippen LogP contribution is 2.46. The molecule has 1 N–H and O–H groups in total. The highest BCUT2D eigenvalue weighted by atomic mass is 28.4. The van der Waals surface area contributed by atoms with Crippen LogP contribution < -0.4 is 5.32 Å². The van der Waals surface area contributed by atoms with Crippen LogP contribution in [0.4, 0.5) is 14.9 Å². The second kappa shape index (κ2) is 25.3. The average Bonchev–Trinajstić information content (AvgIpc) is 3.41. The number of hydrogen-bond donors (Lipinski definition) is 1. The molecular formula is C58H68FNO13Si. The van der Waals surface area contributed by atoms with Crippen molar-refractivity contribution in [1.29, 1.82) is 0 Å². The van der Waals surface area contributed by atoms with Gasteiger partial charge in [0.15, 0.2) is 39.4 Å². The lowest BCUT2D eigenvalue weighted by Crippen LogP contribution is -2.68. The molecule has 394 valence electrons. The summed E-state index contributed by atoms with van der Waals surface area (Å²) < 4.78 is 88.2. The fourth-order valence-electron chi connectivity index (χ4n) is 8.97. The minimum atomic E-state index is -2.59. The van der Waals surface area contributed by atoms with Crippen molar-refractivity contribution in [3.05, 3.63) is 186 Å². The zero-order valence-electron chi connectivity index (χ0n) is 42.8. The highest BCUT2D eigenvalue weighted by Gasteiger charge is 2.58. The van der Waals surface area contributed by atoms with Gasteiger partial charge in [-0.1, -0.05) is 143 Å². The van der Waals surface area contributed by atoms with E-state index in [0.717, 1.165) is 16.7 Å². The van der Waals surface area contributed by atoms with Crippen LogP contribution in [-0.2, 0) is 65.0 Å². The molecule has 74 heavy (non-hydrogen) atoms. The first kappa shape index (κ1) is 54.6. The number of hydrogen-bond acceptors (Lipinski definition) is 13. The number of anilines is 1. The molecule has 0 aliphatic carbocycles. The van der Waals surface area contributed by atoms with Crippen molar-refractivity contribution in [2.45, 2.75) is 127 Å². The normalized spacial score (nSPS) is 26.1. The molecule has 5 aromatic rings. The highest BCUT2D eigenvalue weighted by molar-refractivity contribution is 6.74. The maximum Gasteiger partial charge on any atom is 0.412 e. The molecule has 5 aromatic carbocycles. The van der Waals surface area contributed by atoms with Crippen molar-refractivity contribution < 1.29 is 65.8 Å². The van der Waals surface area contributed by atoms with Crippen LogP contribution >= 0.6 is 0 Å². The van der Waals surface area contributed by atoms with E-state index >= 15 is 0 Å². The number of ether oxygens (including phenoxy) is 10. The van der Waals surface area contributed by atoms with Crippen LogP contribution in [0.1, 0.15) is 61.0 Å². The number of nitrogens with one attached hydrogen (secondary N) is 1. The summed E-state index contributed by atoms with van der Waals surface area (Å²) in [7, 11) is -2.59. The number of rotatable bonds is 21. The van der Waals surface area contributed by atoms with E-state index in [9.17, 15) is 14.0 Å². The molecule has 3 fully saturated rings. The van der Waals surface area contributed by atoms with E-state index in [0.29, 0.717) is 5.56 Å². The Morgan fingerprint density at radius 2 is 1.31 bits per heavy atom. The first-order valence-electron chi connectivity index (χ1n) is 25.2. The Bertz CT molecular complexity index is 2540. The summed E-state index contributed by atoms with van der Waals surface area (Å²) in [5, 5.41) is 2.50. The van der Waals surface area contributed by atoms with Gasteiger partial charge in [0.1, 0.15) is 42.4 Å². The quantitative estimate of drug-likeness (QED) is 0.0423. The first-order chi connectivity index (χ1) is 35.7. The molecule has 0 spiro atoms. The number of esters is 1. The van der Waals surface area contributed by atoms with Gasteiger partial charge in [-0.15, -0.1) is 6.58 Å². The van der Waals surface area contributed by atoms with Crippen LogP contribution in [-0.4, -0.2) is 102 Å². The number of halogens is 1. The van der Waals surface area contributed by atoms with Gasteiger partial charge in [0.05, 0.1) is 38.6 Å². The Hall–Kier alpha value is -5.63. The third-order valence-electron chi connectivity index (χ3n) is 14.4. The summed E-state index contributed by atoms with van der Waals surface area (Å²) >= 11 is 0. The Morgan fingerprint density at radius 1 is 0.716 bits per heavy atom. The minimum Gasteiger partial charge on any atom is -0.450 e. The van der Waals surface area contributed by atoms with Crippen LogP contribution in [0.15, 0.2) is 158 Å². The number of benzene rings is 5. The lowest BCUT2D eigenvalue weighted by atomic mass is 9.95. The summed E-state index contributed by atoms with van der Waals surface area (Å²) in [4.78, 5) is 28.5. The van der Waals surface area contributed by atoms with Crippen LogP contribution in [0, 0.1) is 11.7 Å². The lowest BCUT2D eigenvalue weighted by molar-refractivity contribution is -0.389. The maximum absolute atomic E-state index is 14.3. The van der Waals surface area contributed by atoms with Gasteiger partial charge in [-0.2, -0.15) is 0 Å². The van der Waals surface area contributed by atoms with Crippen molar-refractivity contribution >= 4 is 26.1 Å². The van der Waals surface area contributed by atoms with E-state index in [1.807, 2.05) is 91.0 Å². The maximum atomic E-state index is 14.3. The number of amides is 1.